The van der Waals surface area contributed by atoms with E-state index in [9.17, 15) is 9.59 Å². The second-order valence-electron chi connectivity index (χ2n) is 10.0. The molecule has 0 radical (unpaired) electrons. The van der Waals surface area contributed by atoms with Crippen molar-refractivity contribution in [2.75, 3.05) is 6.61 Å². The third-order valence-corrected chi connectivity index (χ3v) is 11.1. The first-order valence-electron chi connectivity index (χ1n) is 10.2. The summed E-state index contributed by atoms with van der Waals surface area (Å²) in [5.41, 5.74) is -0.858. The number of aromatic nitrogens is 2. The molecule has 2 saturated heterocycles. The number of hydrogen-bond acceptors (Lipinski definition) is 5. The Morgan fingerprint density at radius 3 is 2.36 bits per heavy atom. The lowest BCUT2D eigenvalue weighted by atomic mass is 9.95. The second kappa shape index (κ2) is 7.23. The number of fused-ring (bicyclic) bond motifs is 1. The highest BCUT2D eigenvalue weighted by atomic mass is 28.4. The number of nitrogens with one attached hydrogen (secondary N) is 1. The Morgan fingerprint density at radius 1 is 1.18 bits per heavy atom. The molecule has 3 rings (SSSR count). The predicted octanol–water partition coefficient (Wildman–Crippen LogP) is 3.31. The number of ether oxygens (including phenoxy) is 1. The summed E-state index contributed by atoms with van der Waals surface area (Å²) in [5.74, 6) is 0.0269. The molecule has 2 aliphatic heterocycles. The van der Waals surface area contributed by atoms with Crippen molar-refractivity contribution in [3.8, 4) is 0 Å². The molecule has 28 heavy (non-hydrogen) atoms. The minimum absolute atomic E-state index is 0.0269. The smallest absolute Gasteiger partial charge is 0.349 e. The van der Waals surface area contributed by atoms with E-state index in [4.69, 9.17) is 13.6 Å². The molecule has 0 aromatic carbocycles. The highest BCUT2D eigenvalue weighted by Crippen LogP contribution is 2.56. The lowest BCUT2D eigenvalue weighted by molar-refractivity contribution is -0.0808. The molecule has 0 aliphatic carbocycles. The van der Waals surface area contributed by atoms with Crippen LogP contribution < -0.4 is 11.2 Å². The molecular formula is C20H34N2O5Si. The van der Waals surface area contributed by atoms with E-state index < -0.39 is 26.0 Å². The predicted molar refractivity (Wildman–Crippen MR) is 110 cm³/mol. The van der Waals surface area contributed by atoms with E-state index >= 15 is 0 Å². The van der Waals surface area contributed by atoms with Gasteiger partial charge in [0.15, 0.2) is 0 Å². The molecule has 8 heteroatoms. The highest BCUT2D eigenvalue weighted by Gasteiger charge is 2.64. The Balaban J connectivity index is 2.01. The lowest BCUT2D eigenvalue weighted by Crippen LogP contribution is -2.64. The molecule has 0 spiro atoms. The van der Waals surface area contributed by atoms with Gasteiger partial charge in [0.2, 0.25) is 0 Å². The summed E-state index contributed by atoms with van der Waals surface area (Å²) >= 11 is 0. The number of nitrogens with zero attached hydrogens (tertiary/aromatic N) is 1. The van der Waals surface area contributed by atoms with Gasteiger partial charge in [-0.2, -0.15) is 0 Å². The van der Waals surface area contributed by atoms with Crippen LogP contribution in [0.1, 0.15) is 67.5 Å². The summed E-state index contributed by atoms with van der Waals surface area (Å²) < 4.78 is 21.2. The zero-order valence-corrected chi connectivity index (χ0v) is 19.1. The highest BCUT2D eigenvalue weighted by molar-refractivity contribution is 6.73. The fourth-order valence-corrected chi connectivity index (χ4v) is 9.97. The molecule has 7 nitrogen and oxygen atoms in total. The number of rotatable bonds is 3. The van der Waals surface area contributed by atoms with Gasteiger partial charge in [-0.05, 0) is 6.42 Å². The molecule has 0 saturated carbocycles. The van der Waals surface area contributed by atoms with Crippen molar-refractivity contribution >= 4 is 8.56 Å². The summed E-state index contributed by atoms with van der Waals surface area (Å²) in [6, 6.07) is 1.36. The molecule has 0 bridgehead atoms. The van der Waals surface area contributed by atoms with Crippen LogP contribution in [0.2, 0.25) is 10.1 Å². The zero-order valence-electron chi connectivity index (χ0n) is 18.1. The Kier molecular flexibility index (Phi) is 5.55. The molecule has 1 N–H and O–H groups in total. The standard InChI is InChI=1S/C20H34N2O5Si/c1-8-9-13-16-14(26-17(13)22-11-10-15(23)21-18(22)24)12-25-28(27-16,19(2,3)4)20(5,6)7/h10-11,13-14,16-17H,8-9,12H2,1-7H3,(H,21,23,24)/t13-,14-,16+,17-/m1/s1. The molecule has 2 aliphatic rings. The first-order chi connectivity index (χ1) is 12.9. The minimum atomic E-state index is -2.62. The van der Waals surface area contributed by atoms with Crippen LogP contribution in [0.25, 0.3) is 0 Å². The van der Waals surface area contributed by atoms with Gasteiger partial charge >= 0.3 is 14.3 Å². The Bertz CT molecular complexity index is 805. The number of H-pyrrole nitrogens is 1. The third kappa shape index (κ3) is 3.44. The van der Waals surface area contributed by atoms with Crippen LogP contribution in [-0.4, -0.2) is 36.9 Å². The molecule has 158 valence electrons. The monoisotopic (exact) mass is 410 g/mol. The maximum Gasteiger partial charge on any atom is 0.349 e. The van der Waals surface area contributed by atoms with Crippen molar-refractivity contribution in [1.82, 2.24) is 9.55 Å². The molecule has 1 aromatic rings. The molecule has 0 amide bonds. The first kappa shape index (κ1) is 21.5. The number of aromatic amines is 1. The van der Waals surface area contributed by atoms with E-state index in [1.165, 1.54) is 16.8 Å². The first-order valence-corrected chi connectivity index (χ1v) is 12.0. The molecule has 0 unspecified atom stereocenters. The van der Waals surface area contributed by atoms with Crippen LogP contribution in [0, 0.1) is 5.92 Å². The third-order valence-electron chi connectivity index (χ3n) is 5.94. The Labute approximate surface area is 167 Å². The van der Waals surface area contributed by atoms with Crippen molar-refractivity contribution in [3.63, 3.8) is 0 Å². The Hall–Kier alpha value is -1.22. The maximum atomic E-state index is 12.4. The summed E-state index contributed by atoms with van der Waals surface area (Å²) in [6.45, 7) is 15.8. The van der Waals surface area contributed by atoms with Crippen LogP contribution >= 0.6 is 0 Å². The van der Waals surface area contributed by atoms with Crippen molar-refractivity contribution in [2.24, 2.45) is 5.92 Å². The van der Waals surface area contributed by atoms with Gasteiger partial charge in [0, 0.05) is 28.3 Å². The largest absolute Gasteiger partial charge is 0.391 e. The maximum absolute atomic E-state index is 12.4. The second-order valence-corrected chi connectivity index (χ2v) is 14.8. The van der Waals surface area contributed by atoms with Crippen LogP contribution in [0.15, 0.2) is 21.9 Å². The molecule has 4 atom stereocenters. The lowest BCUT2D eigenvalue weighted by Gasteiger charge is -2.54. The normalized spacial score (nSPS) is 30.2. The van der Waals surface area contributed by atoms with Gasteiger partial charge in [-0.25, -0.2) is 4.79 Å². The van der Waals surface area contributed by atoms with Gasteiger partial charge in [0.05, 0.1) is 12.7 Å². The van der Waals surface area contributed by atoms with Crippen LogP contribution in [0.4, 0.5) is 0 Å². The number of hydrogen-bond donors (Lipinski definition) is 1. The van der Waals surface area contributed by atoms with Gasteiger partial charge in [0.25, 0.3) is 5.56 Å². The quantitative estimate of drug-likeness (QED) is 0.773. The van der Waals surface area contributed by atoms with Gasteiger partial charge in [-0.3, -0.25) is 14.3 Å². The minimum Gasteiger partial charge on any atom is -0.391 e. The summed E-state index contributed by atoms with van der Waals surface area (Å²) in [6.07, 6.45) is 2.54. The SMILES string of the molecule is CCC[C@@H]1[C@@H]2O[Si](C(C)(C)C)(C(C)(C)C)OC[C@H]2O[C@H]1n1ccc(=O)[nH]c1=O. The molecule has 1 aromatic heterocycles. The van der Waals surface area contributed by atoms with E-state index in [0.717, 1.165) is 12.8 Å². The van der Waals surface area contributed by atoms with Crippen LogP contribution in [-0.2, 0) is 13.6 Å². The van der Waals surface area contributed by atoms with Crippen molar-refractivity contribution < 1.29 is 13.6 Å². The van der Waals surface area contributed by atoms with E-state index in [1.807, 2.05) is 0 Å². The summed E-state index contributed by atoms with van der Waals surface area (Å²) in [4.78, 5) is 26.2. The average molecular weight is 411 g/mol. The van der Waals surface area contributed by atoms with Gasteiger partial charge < -0.3 is 13.6 Å². The molecular weight excluding hydrogens is 376 g/mol. The van der Waals surface area contributed by atoms with Crippen molar-refractivity contribution in [2.45, 2.75) is 89.8 Å². The van der Waals surface area contributed by atoms with E-state index in [-0.39, 0.29) is 28.2 Å². The molecule has 2 fully saturated rings. The zero-order chi connectivity index (χ0) is 20.9. The topological polar surface area (TPSA) is 82.6 Å². The van der Waals surface area contributed by atoms with Crippen molar-refractivity contribution in [3.05, 3.63) is 33.1 Å². The fourth-order valence-electron chi connectivity index (χ4n) is 4.97. The van der Waals surface area contributed by atoms with E-state index in [1.54, 1.807) is 0 Å². The van der Waals surface area contributed by atoms with E-state index in [2.05, 4.69) is 53.5 Å². The summed E-state index contributed by atoms with van der Waals surface area (Å²) in [7, 11) is -2.62. The van der Waals surface area contributed by atoms with E-state index in [0.29, 0.717) is 6.61 Å². The molecule has 3 heterocycles. The fraction of sp³-hybridized carbons (Fsp3) is 0.800. The van der Waals surface area contributed by atoms with Gasteiger partial charge in [-0.15, -0.1) is 0 Å². The van der Waals surface area contributed by atoms with Gasteiger partial charge in [0.1, 0.15) is 12.3 Å². The van der Waals surface area contributed by atoms with Crippen LogP contribution in [0.3, 0.4) is 0 Å². The van der Waals surface area contributed by atoms with Crippen molar-refractivity contribution in [1.29, 1.82) is 0 Å². The Morgan fingerprint density at radius 2 is 1.82 bits per heavy atom. The summed E-state index contributed by atoms with van der Waals surface area (Å²) in [5, 5.41) is -0.222. The average Bonchev–Trinajstić information content (AvgIpc) is 2.90. The van der Waals surface area contributed by atoms with Gasteiger partial charge in [-0.1, -0.05) is 54.9 Å². The van der Waals surface area contributed by atoms with Crippen LogP contribution in [0.5, 0.6) is 0 Å².